The normalized spacial score (nSPS) is 13.7. The first-order chi connectivity index (χ1) is 12.5. The Bertz CT molecular complexity index is 804. The Hall–Kier alpha value is -2.02. The highest BCUT2D eigenvalue weighted by Gasteiger charge is 2.31. The highest BCUT2D eigenvalue weighted by atomic mass is 35.5. The van der Waals surface area contributed by atoms with E-state index in [-0.39, 0.29) is 33.7 Å². The average molecular weight is 397 g/mol. The molecular weight excluding hydrogens is 379 g/mol. The van der Waals surface area contributed by atoms with Gasteiger partial charge in [-0.05, 0) is 37.1 Å². The molecule has 26 heavy (non-hydrogen) atoms. The molecule has 1 fully saturated rings. The molecule has 3 rings (SSSR count). The van der Waals surface area contributed by atoms with E-state index in [0.717, 1.165) is 18.6 Å². The maximum atomic E-state index is 12.6. The van der Waals surface area contributed by atoms with Crippen molar-refractivity contribution in [3.63, 3.8) is 0 Å². The zero-order chi connectivity index (χ0) is 18.7. The Balaban J connectivity index is 1.73. The summed E-state index contributed by atoms with van der Waals surface area (Å²) >= 11 is 12.1. The van der Waals surface area contributed by atoms with E-state index >= 15 is 0 Å². The summed E-state index contributed by atoms with van der Waals surface area (Å²) in [4.78, 5) is 26.6. The van der Waals surface area contributed by atoms with E-state index < -0.39 is 5.97 Å². The molecule has 6 nitrogen and oxygen atoms in total. The second-order valence-corrected chi connectivity index (χ2v) is 6.91. The number of carbonyl (C=O) groups is 2. The number of hydrogen-bond acceptors (Lipinski definition) is 5. The number of hydrogen-bond donors (Lipinski definition) is 1. The molecule has 0 aliphatic heterocycles. The van der Waals surface area contributed by atoms with Gasteiger partial charge in [-0.1, -0.05) is 23.2 Å². The van der Waals surface area contributed by atoms with Crippen molar-refractivity contribution in [1.82, 2.24) is 4.90 Å². The molecule has 0 radical (unpaired) electrons. The molecule has 1 amide bonds. The van der Waals surface area contributed by atoms with Crippen molar-refractivity contribution in [2.45, 2.75) is 25.4 Å². The maximum Gasteiger partial charge on any atom is 0.340 e. The predicted octanol–water partition coefficient (Wildman–Crippen LogP) is 3.98. The number of furan rings is 1. The lowest BCUT2D eigenvalue weighted by atomic mass is 10.1. The summed E-state index contributed by atoms with van der Waals surface area (Å²) in [7, 11) is 1.25. The van der Waals surface area contributed by atoms with Gasteiger partial charge in [0.1, 0.15) is 5.76 Å². The van der Waals surface area contributed by atoms with Crippen molar-refractivity contribution in [1.29, 1.82) is 0 Å². The molecule has 1 N–H and O–H groups in total. The van der Waals surface area contributed by atoms with Crippen LogP contribution in [0.15, 0.2) is 34.9 Å². The zero-order valence-electron chi connectivity index (χ0n) is 14.1. The van der Waals surface area contributed by atoms with Crippen molar-refractivity contribution < 1.29 is 18.7 Å². The van der Waals surface area contributed by atoms with Crippen molar-refractivity contribution in [2.24, 2.45) is 0 Å². The standard InChI is InChI=1S/C18H18Cl2N2O4/c1-25-18(24)14-7-11(19)8-15(20)17(14)21-16(23)10-22(12-4-5-12)9-13-3-2-6-26-13/h2-3,6-8,12H,4-5,9-10H2,1H3,(H,21,23). The number of anilines is 1. The molecular formula is C18H18Cl2N2O4. The fraction of sp³-hybridized carbons (Fsp3) is 0.333. The number of rotatable bonds is 7. The highest BCUT2D eigenvalue weighted by molar-refractivity contribution is 6.37. The number of benzene rings is 1. The first kappa shape index (κ1) is 18.8. The third-order valence-corrected chi connectivity index (χ3v) is 4.59. The fourth-order valence-corrected chi connectivity index (χ4v) is 3.23. The van der Waals surface area contributed by atoms with Crippen LogP contribution in [-0.4, -0.2) is 36.5 Å². The van der Waals surface area contributed by atoms with E-state index in [1.807, 2.05) is 17.0 Å². The van der Waals surface area contributed by atoms with Gasteiger partial charge in [-0.3, -0.25) is 9.69 Å². The number of nitrogens with zero attached hydrogens (tertiary/aromatic N) is 1. The van der Waals surface area contributed by atoms with E-state index in [2.05, 4.69) is 5.32 Å². The van der Waals surface area contributed by atoms with E-state index in [0.29, 0.717) is 12.6 Å². The summed E-state index contributed by atoms with van der Waals surface area (Å²) in [5.74, 6) is -0.110. The molecule has 1 heterocycles. The SMILES string of the molecule is COC(=O)c1cc(Cl)cc(Cl)c1NC(=O)CN(Cc1ccco1)C1CC1. The molecule has 8 heteroatoms. The fourth-order valence-electron chi connectivity index (χ4n) is 2.69. The van der Waals surface area contributed by atoms with Crippen molar-refractivity contribution >= 4 is 40.8 Å². The Morgan fingerprint density at radius 2 is 2.12 bits per heavy atom. The van der Waals surface area contributed by atoms with Gasteiger partial charge in [0.05, 0.1) is 42.7 Å². The first-order valence-electron chi connectivity index (χ1n) is 8.11. The summed E-state index contributed by atoms with van der Waals surface area (Å²) in [5, 5.41) is 3.17. The third kappa shape index (κ3) is 4.58. The van der Waals surface area contributed by atoms with Crippen molar-refractivity contribution in [2.75, 3.05) is 19.0 Å². The highest BCUT2D eigenvalue weighted by Crippen LogP contribution is 2.32. The van der Waals surface area contributed by atoms with E-state index in [9.17, 15) is 9.59 Å². The van der Waals surface area contributed by atoms with E-state index in [4.69, 9.17) is 32.4 Å². The molecule has 2 aromatic rings. The maximum absolute atomic E-state index is 12.6. The number of methoxy groups -OCH3 is 1. The second kappa shape index (κ2) is 8.12. The second-order valence-electron chi connectivity index (χ2n) is 6.07. The number of nitrogens with one attached hydrogen (secondary N) is 1. The summed E-state index contributed by atoms with van der Waals surface area (Å²) in [5.41, 5.74) is 0.309. The van der Waals surface area contributed by atoms with Crippen LogP contribution in [0, 0.1) is 0 Å². The molecule has 0 atom stereocenters. The molecule has 0 spiro atoms. The van der Waals surface area contributed by atoms with Crippen LogP contribution in [-0.2, 0) is 16.1 Å². The lowest BCUT2D eigenvalue weighted by molar-refractivity contribution is -0.117. The molecule has 0 saturated heterocycles. The van der Waals surface area contributed by atoms with Crippen LogP contribution < -0.4 is 5.32 Å². The third-order valence-electron chi connectivity index (χ3n) is 4.07. The Kier molecular flexibility index (Phi) is 5.86. The van der Waals surface area contributed by atoms with Gasteiger partial charge in [-0.2, -0.15) is 0 Å². The van der Waals surface area contributed by atoms with Crippen LogP contribution in [0.25, 0.3) is 0 Å². The number of carbonyl (C=O) groups excluding carboxylic acids is 2. The lowest BCUT2D eigenvalue weighted by Gasteiger charge is -2.21. The molecule has 138 valence electrons. The number of amides is 1. The van der Waals surface area contributed by atoms with Gasteiger partial charge in [-0.15, -0.1) is 0 Å². The minimum atomic E-state index is -0.626. The average Bonchev–Trinajstić information content (AvgIpc) is 3.33. The molecule has 1 aliphatic carbocycles. The van der Waals surface area contributed by atoms with Gasteiger partial charge in [0, 0.05) is 11.1 Å². The van der Waals surface area contributed by atoms with Gasteiger partial charge in [0.25, 0.3) is 0 Å². The van der Waals surface area contributed by atoms with Crippen LogP contribution in [0.4, 0.5) is 5.69 Å². The van der Waals surface area contributed by atoms with Crippen LogP contribution in [0.2, 0.25) is 10.0 Å². The summed E-state index contributed by atoms with van der Waals surface area (Å²) < 4.78 is 10.1. The number of halogens is 2. The molecule has 1 saturated carbocycles. The van der Waals surface area contributed by atoms with Crippen LogP contribution in [0.3, 0.4) is 0 Å². The summed E-state index contributed by atoms with van der Waals surface area (Å²) in [6.07, 6.45) is 3.70. The number of esters is 1. The molecule has 0 unspecified atom stereocenters. The minimum absolute atomic E-state index is 0.113. The van der Waals surface area contributed by atoms with Gasteiger partial charge < -0.3 is 14.5 Å². The monoisotopic (exact) mass is 396 g/mol. The van der Waals surface area contributed by atoms with Gasteiger partial charge in [-0.25, -0.2) is 4.79 Å². The quantitative estimate of drug-likeness (QED) is 0.716. The Labute approximate surface area is 161 Å². The zero-order valence-corrected chi connectivity index (χ0v) is 15.6. The van der Waals surface area contributed by atoms with Gasteiger partial charge in [0.2, 0.25) is 5.91 Å². The van der Waals surface area contributed by atoms with Crippen LogP contribution in [0.5, 0.6) is 0 Å². The van der Waals surface area contributed by atoms with E-state index in [1.54, 1.807) is 6.26 Å². The largest absolute Gasteiger partial charge is 0.468 e. The topological polar surface area (TPSA) is 71.8 Å². The Morgan fingerprint density at radius 3 is 2.73 bits per heavy atom. The smallest absolute Gasteiger partial charge is 0.340 e. The van der Waals surface area contributed by atoms with Gasteiger partial charge >= 0.3 is 5.97 Å². The van der Waals surface area contributed by atoms with E-state index in [1.165, 1.54) is 19.2 Å². The molecule has 0 bridgehead atoms. The lowest BCUT2D eigenvalue weighted by Crippen LogP contribution is -2.34. The molecule has 1 aromatic heterocycles. The number of ether oxygens (including phenoxy) is 1. The first-order valence-corrected chi connectivity index (χ1v) is 8.87. The van der Waals surface area contributed by atoms with Crippen molar-refractivity contribution in [3.8, 4) is 0 Å². The Morgan fingerprint density at radius 1 is 1.35 bits per heavy atom. The van der Waals surface area contributed by atoms with Crippen molar-refractivity contribution in [3.05, 3.63) is 51.9 Å². The van der Waals surface area contributed by atoms with Crippen LogP contribution >= 0.6 is 23.2 Å². The molecule has 1 aliphatic rings. The van der Waals surface area contributed by atoms with Crippen LogP contribution in [0.1, 0.15) is 29.0 Å². The van der Waals surface area contributed by atoms with Gasteiger partial charge in [0.15, 0.2) is 0 Å². The molecule has 1 aromatic carbocycles. The minimum Gasteiger partial charge on any atom is -0.468 e. The summed E-state index contributed by atoms with van der Waals surface area (Å²) in [6.45, 7) is 0.703. The summed E-state index contributed by atoms with van der Waals surface area (Å²) in [6, 6.07) is 6.92. The predicted molar refractivity (Wildman–Crippen MR) is 98.6 cm³/mol.